The van der Waals surface area contributed by atoms with E-state index in [1.165, 1.54) is 6.08 Å². The average molecular weight is 334 g/mol. The van der Waals surface area contributed by atoms with E-state index >= 15 is 0 Å². The molecule has 1 aliphatic rings. The fourth-order valence-corrected chi connectivity index (χ4v) is 2.42. The second kappa shape index (κ2) is 9.46. The summed E-state index contributed by atoms with van der Waals surface area (Å²) in [6.07, 6.45) is 9.33. The first-order chi connectivity index (χ1) is 13.2. The van der Waals surface area contributed by atoms with Crippen LogP contribution in [0, 0.1) is 5.41 Å². The number of esters is 1. The highest BCUT2D eigenvalue weighted by molar-refractivity contribution is 5.83. The van der Waals surface area contributed by atoms with Gasteiger partial charge in [0.1, 0.15) is 0 Å². The van der Waals surface area contributed by atoms with Crippen LogP contribution in [-0.2, 0) is 9.53 Å². The minimum absolute atomic E-state index is 0.0888. The van der Waals surface area contributed by atoms with Crippen molar-refractivity contribution in [3.05, 3.63) is 58.7 Å². The average Bonchev–Trinajstić information content (AvgIpc) is 2.54. The third kappa shape index (κ3) is 6.74. The van der Waals surface area contributed by atoms with Gasteiger partial charge in [0, 0.05) is 12.9 Å². The summed E-state index contributed by atoms with van der Waals surface area (Å²) in [5.41, 5.74) is 1.67. The molecule has 0 heterocycles. The van der Waals surface area contributed by atoms with E-state index < -0.39 is 18.6 Å². The van der Waals surface area contributed by atoms with Gasteiger partial charge >= 0.3 is 5.97 Å². The molecule has 1 aliphatic carbocycles. The molecule has 0 amide bonds. The summed E-state index contributed by atoms with van der Waals surface area (Å²) in [7, 11) is 0. The second-order valence-corrected chi connectivity index (χ2v) is 6.59. The highest BCUT2D eigenvalue weighted by Gasteiger charge is 2.26. The molecule has 0 aromatic rings. The number of rotatable bonds is 6. The maximum atomic E-state index is 11.4. The summed E-state index contributed by atoms with van der Waals surface area (Å²) in [6.45, 7) is 7.19. The van der Waals surface area contributed by atoms with Crippen LogP contribution in [-0.4, -0.2) is 12.6 Å². The molecule has 0 aliphatic heterocycles. The predicted molar refractivity (Wildman–Crippen MR) is 103 cm³/mol. The molecule has 2 heteroatoms. The Balaban J connectivity index is 3.14. The number of allylic oxidation sites excluding steroid dienone is 9. The fourth-order valence-electron chi connectivity index (χ4n) is 2.42. The Morgan fingerprint density at radius 3 is 2.75 bits per heavy atom. The molecule has 0 saturated heterocycles. The third-order valence-electron chi connectivity index (χ3n) is 3.91. The lowest BCUT2D eigenvalue weighted by Gasteiger charge is -2.32. The van der Waals surface area contributed by atoms with E-state index in [0.717, 1.165) is 11.1 Å². The van der Waals surface area contributed by atoms with Crippen LogP contribution in [0.25, 0.3) is 0 Å². The minimum atomic E-state index is -2.48. The molecule has 0 unspecified atom stereocenters. The van der Waals surface area contributed by atoms with Gasteiger partial charge in [-0.2, -0.15) is 0 Å². The lowest BCUT2D eigenvalue weighted by atomic mass is 9.72. The molecule has 0 bridgehead atoms. The Morgan fingerprint density at radius 1 is 1.33 bits per heavy atom. The Kier molecular flexibility index (Phi) is 5.31. The molecular weight excluding hydrogens is 296 g/mol. The van der Waals surface area contributed by atoms with Crippen molar-refractivity contribution in [1.82, 2.24) is 0 Å². The summed E-state index contributed by atoms with van der Waals surface area (Å²) < 4.78 is 44.9. The smallest absolute Gasteiger partial charge is 0.330 e. The highest BCUT2D eigenvalue weighted by Crippen LogP contribution is 2.40. The SMILES string of the molecule is [2H]C([2H])([2H])C1=C(/C=C/C(C)=C/C=C/C(C)=C\C(=O)OCC)C(C)(C)CCC1([2H])[2H]. The van der Waals surface area contributed by atoms with Crippen LogP contribution in [0.3, 0.4) is 0 Å². The van der Waals surface area contributed by atoms with Crippen LogP contribution in [0.2, 0.25) is 0 Å². The zero-order valence-corrected chi connectivity index (χ0v) is 15.4. The molecular formula is C22H32O2. The quantitative estimate of drug-likeness (QED) is 0.334. The number of carbonyl (C=O) groups is 1. The van der Waals surface area contributed by atoms with E-state index in [1.807, 2.05) is 26.8 Å². The maximum absolute atomic E-state index is 11.4. The molecule has 24 heavy (non-hydrogen) atoms. The van der Waals surface area contributed by atoms with E-state index in [1.54, 1.807) is 38.2 Å². The number of hydrogen-bond donors (Lipinski definition) is 0. The van der Waals surface area contributed by atoms with Gasteiger partial charge in [-0.25, -0.2) is 4.79 Å². The molecule has 2 nitrogen and oxygen atoms in total. The van der Waals surface area contributed by atoms with Crippen LogP contribution < -0.4 is 0 Å². The van der Waals surface area contributed by atoms with Gasteiger partial charge in [0.2, 0.25) is 0 Å². The van der Waals surface area contributed by atoms with Crippen LogP contribution in [0.5, 0.6) is 0 Å². The summed E-state index contributed by atoms with van der Waals surface area (Å²) in [4.78, 5) is 11.4. The predicted octanol–water partition coefficient (Wildman–Crippen LogP) is 6.08. The van der Waals surface area contributed by atoms with Gasteiger partial charge in [-0.3, -0.25) is 0 Å². The first kappa shape index (κ1) is 13.5. The largest absolute Gasteiger partial charge is 0.463 e. The number of hydrogen-bond acceptors (Lipinski definition) is 2. The van der Waals surface area contributed by atoms with Crippen LogP contribution in [0.1, 0.15) is 67.5 Å². The van der Waals surface area contributed by atoms with Gasteiger partial charge < -0.3 is 4.74 Å². The normalized spacial score (nSPS) is 25.1. The number of carbonyl (C=O) groups excluding carboxylic acids is 1. The standard InChI is InChI=1S/C22H32O2/c1-7-24-21(23)16-18(3)11-8-10-17(2)13-14-20-19(4)12-9-15-22(20,5)6/h8,10-11,13-14,16H,7,9,12,15H2,1-6H3/b11-8+,14-13+,17-10+,18-16-/i4D3,12D2. The highest BCUT2D eigenvalue weighted by atomic mass is 16.5. The van der Waals surface area contributed by atoms with E-state index in [9.17, 15) is 4.79 Å². The fraction of sp³-hybridized carbons (Fsp3) is 0.500. The van der Waals surface area contributed by atoms with E-state index in [-0.39, 0.29) is 18.0 Å². The maximum Gasteiger partial charge on any atom is 0.330 e. The van der Waals surface area contributed by atoms with Gasteiger partial charge in [0.15, 0.2) is 0 Å². The Labute approximate surface area is 154 Å². The van der Waals surface area contributed by atoms with Crippen molar-refractivity contribution >= 4 is 5.97 Å². The first-order valence-corrected chi connectivity index (χ1v) is 8.34. The monoisotopic (exact) mass is 333 g/mol. The van der Waals surface area contributed by atoms with Crippen molar-refractivity contribution in [2.75, 3.05) is 6.61 Å². The van der Waals surface area contributed by atoms with E-state index in [2.05, 4.69) is 0 Å². The molecule has 0 aromatic heterocycles. The lowest BCUT2D eigenvalue weighted by Crippen LogP contribution is -2.19. The summed E-state index contributed by atoms with van der Waals surface area (Å²) in [5.74, 6) is -0.381. The van der Waals surface area contributed by atoms with Gasteiger partial charge in [-0.1, -0.05) is 55.4 Å². The molecule has 1 rings (SSSR count). The van der Waals surface area contributed by atoms with Crippen molar-refractivity contribution in [3.63, 3.8) is 0 Å². The Bertz CT molecular complexity index is 763. The first-order valence-electron chi connectivity index (χ1n) is 10.8. The van der Waals surface area contributed by atoms with Gasteiger partial charge in [-0.05, 0) is 63.4 Å². The zero-order valence-electron chi connectivity index (χ0n) is 20.4. The summed E-state index contributed by atoms with van der Waals surface area (Å²) in [6, 6.07) is 0. The number of ether oxygens (including phenoxy) is 1. The molecule has 0 aromatic carbocycles. The van der Waals surface area contributed by atoms with Crippen molar-refractivity contribution in [1.29, 1.82) is 0 Å². The molecule has 132 valence electrons. The van der Waals surface area contributed by atoms with Crippen molar-refractivity contribution in [3.8, 4) is 0 Å². The van der Waals surface area contributed by atoms with Crippen LogP contribution >= 0.6 is 0 Å². The topological polar surface area (TPSA) is 26.3 Å². The molecule has 0 spiro atoms. The second-order valence-electron chi connectivity index (χ2n) is 6.59. The summed E-state index contributed by atoms with van der Waals surface area (Å²) >= 11 is 0. The van der Waals surface area contributed by atoms with Crippen molar-refractivity contribution < 1.29 is 16.4 Å². The molecule has 0 saturated carbocycles. The van der Waals surface area contributed by atoms with Gasteiger partial charge in [0.25, 0.3) is 0 Å². The van der Waals surface area contributed by atoms with Crippen LogP contribution in [0.15, 0.2) is 58.7 Å². The van der Waals surface area contributed by atoms with Crippen LogP contribution in [0.4, 0.5) is 0 Å². The lowest BCUT2D eigenvalue weighted by molar-refractivity contribution is -0.137. The molecule has 0 atom stereocenters. The van der Waals surface area contributed by atoms with E-state index in [0.29, 0.717) is 18.6 Å². The Hall–Kier alpha value is -1.83. The zero-order chi connectivity index (χ0) is 22.5. The summed E-state index contributed by atoms with van der Waals surface area (Å²) in [5, 5.41) is 0. The van der Waals surface area contributed by atoms with E-state index in [4.69, 9.17) is 11.6 Å². The van der Waals surface area contributed by atoms with Crippen molar-refractivity contribution in [2.45, 2.75) is 60.7 Å². The molecule has 0 radical (unpaired) electrons. The Morgan fingerprint density at radius 2 is 2.08 bits per heavy atom. The van der Waals surface area contributed by atoms with Gasteiger partial charge in [-0.15, -0.1) is 0 Å². The van der Waals surface area contributed by atoms with Gasteiger partial charge in [0.05, 0.1) is 6.61 Å². The minimum Gasteiger partial charge on any atom is -0.463 e. The third-order valence-corrected chi connectivity index (χ3v) is 3.91. The molecule has 0 N–H and O–H groups in total. The molecule has 0 fully saturated rings. The van der Waals surface area contributed by atoms with Crippen molar-refractivity contribution in [2.24, 2.45) is 5.41 Å².